The summed E-state index contributed by atoms with van der Waals surface area (Å²) in [5.41, 5.74) is 0.683. The van der Waals surface area contributed by atoms with Gasteiger partial charge in [0.2, 0.25) is 0 Å². The van der Waals surface area contributed by atoms with Crippen LogP contribution >= 0.6 is 11.6 Å². The van der Waals surface area contributed by atoms with Crippen LogP contribution in [0.25, 0.3) is 10.8 Å². The molecule has 0 spiro atoms. The van der Waals surface area contributed by atoms with Gasteiger partial charge in [-0.15, -0.1) is 0 Å². The molecule has 1 N–H and O–H groups in total. The van der Waals surface area contributed by atoms with Gasteiger partial charge in [0.15, 0.2) is 5.82 Å². The Morgan fingerprint density at radius 2 is 1.79 bits per heavy atom. The van der Waals surface area contributed by atoms with E-state index in [1.807, 2.05) is 24.3 Å². The lowest BCUT2D eigenvalue weighted by atomic mass is 10.1. The number of aromatic nitrogens is 2. The van der Waals surface area contributed by atoms with Crippen molar-refractivity contribution in [3.8, 4) is 0 Å². The molecule has 1 heterocycles. The van der Waals surface area contributed by atoms with Gasteiger partial charge in [0.25, 0.3) is 10.0 Å². The van der Waals surface area contributed by atoms with Gasteiger partial charge in [0.05, 0.1) is 11.4 Å². The van der Waals surface area contributed by atoms with Crippen LogP contribution in [0.1, 0.15) is 5.56 Å². The van der Waals surface area contributed by atoms with Gasteiger partial charge in [-0.25, -0.2) is 12.8 Å². The highest BCUT2D eigenvalue weighted by Crippen LogP contribution is 2.25. The van der Waals surface area contributed by atoms with Gasteiger partial charge in [-0.2, -0.15) is 5.10 Å². The number of sulfonamides is 1. The molecule has 0 radical (unpaired) electrons. The summed E-state index contributed by atoms with van der Waals surface area (Å²) in [6.07, 6.45) is 1.49. The first kappa shape index (κ1) is 18.5. The molecule has 28 heavy (non-hydrogen) atoms. The minimum absolute atomic E-state index is 0.0197. The lowest BCUT2D eigenvalue weighted by Crippen LogP contribution is -2.14. The first-order valence-electron chi connectivity index (χ1n) is 8.40. The Labute approximate surface area is 166 Å². The highest BCUT2D eigenvalue weighted by molar-refractivity contribution is 7.92. The summed E-state index contributed by atoms with van der Waals surface area (Å²) < 4.78 is 42.7. The molecule has 0 amide bonds. The Morgan fingerprint density at radius 1 is 1.00 bits per heavy atom. The van der Waals surface area contributed by atoms with Gasteiger partial charge in [0.1, 0.15) is 10.8 Å². The van der Waals surface area contributed by atoms with E-state index in [1.165, 1.54) is 29.1 Å². The zero-order chi connectivity index (χ0) is 19.7. The van der Waals surface area contributed by atoms with Gasteiger partial charge >= 0.3 is 0 Å². The van der Waals surface area contributed by atoms with Gasteiger partial charge in [0, 0.05) is 6.20 Å². The lowest BCUT2D eigenvalue weighted by Gasteiger charge is -2.07. The molecule has 8 heteroatoms. The number of benzene rings is 3. The van der Waals surface area contributed by atoms with Crippen LogP contribution in [0.3, 0.4) is 0 Å². The first-order chi connectivity index (χ1) is 13.4. The third kappa shape index (κ3) is 3.85. The Balaban J connectivity index is 1.59. The Bertz CT molecular complexity index is 1270. The number of nitrogens with zero attached hydrogens (tertiary/aromatic N) is 2. The van der Waals surface area contributed by atoms with E-state index in [-0.39, 0.29) is 28.1 Å². The number of anilines is 1. The lowest BCUT2D eigenvalue weighted by molar-refractivity contribution is 0.600. The number of nitrogens with one attached hydrogen (secondary N) is 1. The normalized spacial score (nSPS) is 11.6. The summed E-state index contributed by atoms with van der Waals surface area (Å²) in [7, 11) is -3.86. The molecule has 0 fully saturated rings. The predicted molar refractivity (Wildman–Crippen MR) is 107 cm³/mol. The summed E-state index contributed by atoms with van der Waals surface area (Å²) in [6, 6.07) is 18.4. The maximum atomic E-state index is 13.3. The highest BCUT2D eigenvalue weighted by Gasteiger charge is 2.19. The topological polar surface area (TPSA) is 64.0 Å². The van der Waals surface area contributed by atoms with E-state index in [0.29, 0.717) is 5.56 Å². The van der Waals surface area contributed by atoms with Crippen molar-refractivity contribution in [1.82, 2.24) is 9.78 Å². The molecule has 5 nitrogen and oxygen atoms in total. The summed E-state index contributed by atoms with van der Waals surface area (Å²) in [5, 5.41) is 6.09. The number of halogens is 2. The van der Waals surface area contributed by atoms with Crippen molar-refractivity contribution in [1.29, 1.82) is 0 Å². The van der Waals surface area contributed by atoms with Crippen LogP contribution in [0.15, 0.2) is 77.8 Å². The van der Waals surface area contributed by atoms with Crippen molar-refractivity contribution in [2.75, 3.05) is 4.72 Å². The third-order valence-corrected chi connectivity index (χ3v) is 5.83. The van der Waals surface area contributed by atoms with Crippen molar-refractivity contribution in [2.24, 2.45) is 0 Å². The molecule has 0 aliphatic carbocycles. The molecule has 0 aliphatic rings. The largest absolute Gasteiger partial charge is 0.265 e. The molecule has 4 aromatic rings. The molecular formula is C20H15ClFN3O2S. The SMILES string of the molecule is O=S(=O)(Nc1nn(Cc2cccc(F)c2)cc1Cl)c1ccc2ccccc2c1. The molecule has 1 aromatic heterocycles. The van der Waals surface area contributed by atoms with Gasteiger partial charge in [-0.3, -0.25) is 9.40 Å². The van der Waals surface area contributed by atoms with Gasteiger partial charge < -0.3 is 0 Å². The van der Waals surface area contributed by atoms with Crippen molar-refractivity contribution >= 4 is 38.2 Å². The zero-order valence-electron chi connectivity index (χ0n) is 14.5. The summed E-state index contributed by atoms with van der Waals surface area (Å²) >= 11 is 6.15. The van der Waals surface area contributed by atoms with Crippen molar-refractivity contribution in [3.63, 3.8) is 0 Å². The minimum atomic E-state index is -3.86. The van der Waals surface area contributed by atoms with Gasteiger partial charge in [-0.05, 0) is 40.6 Å². The maximum Gasteiger partial charge on any atom is 0.263 e. The monoisotopic (exact) mass is 415 g/mol. The zero-order valence-corrected chi connectivity index (χ0v) is 16.1. The Morgan fingerprint density at radius 3 is 2.57 bits per heavy atom. The van der Waals surface area contributed by atoms with Crippen LogP contribution in [0, 0.1) is 5.82 Å². The summed E-state index contributed by atoms with van der Waals surface area (Å²) in [6.45, 7) is 0.259. The van der Waals surface area contributed by atoms with Crippen molar-refractivity contribution < 1.29 is 12.8 Å². The summed E-state index contributed by atoms with van der Waals surface area (Å²) in [4.78, 5) is 0.113. The van der Waals surface area contributed by atoms with E-state index in [2.05, 4.69) is 9.82 Å². The van der Waals surface area contributed by atoms with Gasteiger partial charge in [-0.1, -0.05) is 54.1 Å². The molecule has 3 aromatic carbocycles. The number of fused-ring (bicyclic) bond motifs is 1. The first-order valence-corrected chi connectivity index (χ1v) is 10.3. The van der Waals surface area contributed by atoms with E-state index in [0.717, 1.165) is 10.8 Å². The van der Waals surface area contributed by atoms with Crippen LogP contribution in [0.4, 0.5) is 10.2 Å². The second kappa shape index (κ2) is 7.26. The molecule has 0 unspecified atom stereocenters. The molecule has 0 atom stereocenters. The van der Waals surface area contributed by atoms with E-state index < -0.39 is 10.0 Å². The molecular weight excluding hydrogens is 401 g/mol. The van der Waals surface area contributed by atoms with E-state index in [4.69, 9.17) is 11.6 Å². The standard InChI is InChI=1S/C20H15ClFN3O2S/c21-19-13-25(12-14-4-3-7-17(22)10-14)23-20(19)24-28(26,27)18-9-8-15-5-1-2-6-16(15)11-18/h1-11,13H,12H2,(H,23,24). The number of rotatable bonds is 5. The average Bonchev–Trinajstić information content (AvgIpc) is 2.99. The molecule has 0 bridgehead atoms. The van der Waals surface area contributed by atoms with Crippen LogP contribution in [0.5, 0.6) is 0 Å². The van der Waals surface area contributed by atoms with Crippen LogP contribution in [0.2, 0.25) is 5.02 Å². The molecule has 0 saturated carbocycles. The fraction of sp³-hybridized carbons (Fsp3) is 0.0500. The number of hydrogen-bond donors (Lipinski definition) is 1. The maximum absolute atomic E-state index is 13.3. The van der Waals surface area contributed by atoms with Crippen LogP contribution in [-0.2, 0) is 16.6 Å². The molecule has 0 saturated heterocycles. The van der Waals surface area contributed by atoms with E-state index in [9.17, 15) is 12.8 Å². The fourth-order valence-corrected chi connectivity index (χ4v) is 4.20. The summed E-state index contributed by atoms with van der Waals surface area (Å²) in [5.74, 6) is -0.334. The Kier molecular flexibility index (Phi) is 4.78. The second-order valence-electron chi connectivity index (χ2n) is 6.27. The van der Waals surface area contributed by atoms with E-state index >= 15 is 0 Å². The third-order valence-electron chi connectivity index (χ3n) is 4.21. The Hall–Kier alpha value is -2.90. The average molecular weight is 416 g/mol. The van der Waals surface area contributed by atoms with Crippen molar-refractivity contribution in [2.45, 2.75) is 11.4 Å². The highest BCUT2D eigenvalue weighted by atomic mass is 35.5. The quantitative estimate of drug-likeness (QED) is 0.514. The molecule has 142 valence electrons. The minimum Gasteiger partial charge on any atom is -0.265 e. The smallest absolute Gasteiger partial charge is 0.263 e. The fourth-order valence-electron chi connectivity index (χ4n) is 2.89. The molecule has 0 aliphatic heterocycles. The van der Waals surface area contributed by atoms with E-state index in [1.54, 1.807) is 24.3 Å². The predicted octanol–water partition coefficient (Wildman–Crippen LogP) is 4.68. The van der Waals surface area contributed by atoms with Crippen molar-refractivity contribution in [3.05, 3.63) is 89.3 Å². The number of hydrogen-bond acceptors (Lipinski definition) is 3. The van der Waals surface area contributed by atoms with Crippen LogP contribution in [-0.4, -0.2) is 18.2 Å². The second-order valence-corrected chi connectivity index (χ2v) is 8.36. The van der Waals surface area contributed by atoms with Crippen LogP contribution < -0.4 is 4.72 Å². The molecule has 4 rings (SSSR count).